The van der Waals surface area contributed by atoms with Gasteiger partial charge in [0.05, 0.1) is 5.69 Å². The molecular weight excluding hydrogens is 412 g/mol. The SMILES string of the molecule is Cc1c(Oc2ccnc(-c3ccn(C)c3)c2)cccc1C(=O)NCc1cc(F)cc(F)c1. The lowest BCUT2D eigenvalue weighted by Gasteiger charge is -2.13. The average Bonchev–Trinajstić information content (AvgIpc) is 3.19. The van der Waals surface area contributed by atoms with Crippen molar-refractivity contribution >= 4 is 5.91 Å². The summed E-state index contributed by atoms with van der Waals surface area (Å²) in [4.78, 5) is 17.1. The molecule has 7 heteroatoms. The quantitative estimate of drug-likeness (QED) is 0.443. The van der Waals surface area contributed by atoms with Gasteiger partial charge in [-0.2, -0.15) is 0 Å². The summed E-state index contributed by atoms with van der Waals surface area (Å²) in [5, 5.41) is 2.69. The average molecular weight is 433 g/mol. The number of carbonyl (C=O) groups is 1. The van der Waals surface area contributed by atoms with Crippen molar-refractivity contribution in [3.8, 4) is 22.8 Å². The van der Waals surface area contributed by atoms with Gasteiger partial charge >= 0.3 is 0 Å². The van der Waals surface area contributed by atoms with Crippen LogP contribution in [0.2, 0.25) is 0 Å². The van der Waals surface area contributed by atoms with Crippen LogP contribution in [-0.2, 0) is 13.6 Å². The molecule has 4 aromatic rings. The van der Waals surface area contributed by atoms with Crippen molar-refractivity contribution < 1.29 is 18.3 Å². The van der Waals surface area contributed by atoms with E-state index in [4.69, 9.17) is 4.74 Å². The number of nitrogens with one attached hydrogen (secondary N) is 1. The number of amides is 1. The van der Waals surface area contributed by atoms with E-state index in [1.165, 1.54) is 12.1 Å². The molecule has 0 saturated carbocycles. The summed E-state index contributed by atoms with van der Waals surface area (Å²) in [7, 11) is 1.94. The summed E-state index contributed by atoms with van der Waals surface area (Å²) in [5.41, 5.74) is 3.14. The summed E-state index contributed by atoms with van der Waals surface area (Å²) >= 11 is 0. The van der Waals surface area contributed by atoms with E-state index in [2.05, 4.69) is 10.3 Å². The van der Waals surface area contributed by atoms with Crippen LogP contribution in [0, 0.1) is 18.6 Å². The number of nitrogens with zero attached hydrogens (tertiary/aromatic N) is 2. The lowest BCUT2D eigenvalue weighted by Crippen LogP contribution is -2.23. The highest BCUT2D eigenvalue weighted by atomic mass is 19.1. The molecule has 0 aliphatic rings. The van der Waals surface area contributed by atoms with E-state index in [1.54, 1.807) is 37.4 Å². The molecule has 162 valence electrons. The van der Waals surface area contributed by atoms with Crippen LogP contribution in [0.1, 0.15) is 21.5 Å². The third-order valence-electron chi connectivity index (χ3n) is 4.99. The van der Waals surface area contributed by atoms with E-state index in [9.17, 15) is 13.6 Å². The molecule has 0 unspecified atom stereocenters. The minimum Gasteiger partial charge on any atom is -0.457 e. The predicted molar refractivity (Wildman–Crippen MR) is 117 cm³/mol. The molecule has 0 bridgehead atoms. The van der Waals surface area contributed by atoms with Gasteiger partial charge < -0.3 is 14.6 Å². The third-order valence-corrected chi connectivity index (χ3v) is 4.99. The second-order valence-corrected chi connectivity index (χ2v) is 7.43. The second kappa shape index (κ2) is 9.01. The van der Waals surface area contributed by atoms with E-state index >= 15 is 0 Å². The zero-order valence-corrected chi connectivity index (χ0v) is 17.6. The normalized spacial score (nSPS) is 10.8. The zero-order chi connectivity index (χ0) is 22.7. The number of hydrogen-bond acceptors (Lipinski definition) is 3. The van der Waals surface area contributed by atoms with Crippen LogP contribution < -0.4 is 10.1 Å². The first-order valence-electron chi connectivity index (χ1n) is 9.98. The van der Waals surface area contributed by atoms with E-state index in [-0.39, 0.29) is 12.5 Å². The maximum Gasteiger partial charge on any atom is 0.251 e. The number of ether oxygens (including phenoxy) is 1. The number of aryl methyl sites for hydroxylation is 1. The summed E-state index contributed by atoms with van der Waals surface area (Å²) in [6.07, 6.45) is 5.57. The van der Waals surface area contributed by atoms with E-state index in [0.717, 1.165) is 17.3 Å². The number of benzene rings is 2. The van der Waals surface area contributed by atoms with Crippen molar-refractivity contribution in [3.05, 3.63) is 102 Å². The highest BCUT2D eigenvalue weighted by molar-refractivity contribution is 5.96. The molecule has 0 aliphatic carbocycles. The fourth-order valence-corrected chi connectivity index (χ4v) is 3.38. The molecule has 0 spiro atoms. The molecule has 5 nitrogen and oxygen atoms in total. The fourth-order valence-electron chi connectivity index (χ4n) is 3.38. The Labute approximate surface area is 184 Å². The van der Waals surface area contributed by atoms with Crippen LogP contribution >= 0.6 is 0 Å². The summed E-state index contributed by atoms with van der Waals surface area (Å²) in [6, 6.07) is 13.9. The van der Waals surface area contributed by atoms with Crippen molar-refractivity contribution in [3.63, 3.8) is 0 Å². The lowest BCUT2D eigenvalue weighted by molar-refractivity contribution is 0.0950. The van der Waals surface area contributed by atoms with Gasteiger partial charge in [-0.1, -0.05) is 6.07 Å². The molecule has 2 aromatic carbocycles. The first kappa shape index (κ1) is 21.2. The van der Waals surface area contributed by atoms with Gasteiger partial charge in [0.2, 0.25) is 0 Å². The van der Waals surface area contributed by atoms with Crippen LogP contribution in [0.25, 0.3) is 11.3 Å². The Morgan fingerprint density at radius 2 is 1.88 bits per heavy atom. The Morgan fingerprint density at radius 1 is 1.09 bits per heavy atom. The first-order valence-corrected chi connectivity index (χ1v) is 9.98. The number of rotatable bonds is 6. The van der Waals surface area contributed by atoms with Crippen LogP contribution in [0.3, 0.4) is 0 Å². The molecule has 1 amide bonds. The van der Waals surface area contributed by atoms with Gasteiger partial charge in [-0.05, 0) is 48.9 Å². The molecule has 4 rings (SSSR count). The third kappa shape index (κ3) is 4.83. The molecule has 32 heavy (non-hydrogen) atoms. The highest BCUT2D eigenvalue weighted by Gasteiger charge is 2.14. The maximum atomic E-state index is 13.4. The highest BCUT2D eigenvalue weighted by Crippen LogP contribution is 2.29. The van der Waals surface area contributed by atoms with E-state index in [1.807, 2.05) is 36.1 Å². The fraction of sp³-hybridized carbons (Fsp3) is 0.120. The molecule has 2 heterocycles. The zero-order valence-electron chi connectivity index (χ0n) is 17.6. The van der Waals surface area contributed by atoms with Crippen molar-refractivity contribution in [2.24, 2.45) is 7.05 Å². The van der Waals surface area contributed by atoms with Gasteiger partial charge in [-0.25, -0.2) is 8.78 Å². The Hall–Kier alpha value is -4.00. The van der Waals surface area contributed by atoms with Gasteiger partial charge in [-0.15, -0.1) is 0 Å². The van der Waals surface area contributed by atoms with Crippen molar-refractivity contribution in [1.29, 1.82) is 0 Å². The number of halogens is 2. The number of pyridine rings is 1. The minimum atomic E-state index is -0.687. The van der Waals surface area contributed by atoms with Crippen molar-refractivity contribution in [2.45, 2.75) is 13.5 Å². The number of carbonyl (C=O) groups excluding carboxylic acids is 1. The Bertz CT molecular complexity index is 1260. The van der Waals surface area contributed by atoms with Crippen molar-refractivity contribution in [2.75, 3.05) is 0 Å². The Kier molecular flexibility index (Phi) is 5.98. The number of aromatic nitrogens is 2. The maximum absolute atomic E-state index is 13.4. The molecule has 0 radical (unpaired) electrons. The lowest BCUT2D eigenvalue weighted by atomic mass is 10.1. The monoisotopic (exact) mass is 433 g/mol. The van der Waals surface area contributed by atoms with Gasteiger partial charge in [0.15, 0.2) is 0 Å². The minimum absolute atomic E-state index is 0.00281. The number of hydrogen-bond donors (Lipinski definition) is 1. The molecular formula is C25H21F2N3O2. The van der Waals surface area contributed by atoms with Crippen molar-refractivity contribution in [1.82, 2.24) is 14.9 Å². The molecule has 1 N–H and O–H groups in total. The predicted octanol–water partition coefficient (Wildman–Crippen LogP) is 5.40. The molecule has 0 fully saturated rings. The topological polar surface area (TPSA) is 56.2 Å². The smallest absolute Gasteiger partial charge is 0.251 e. The summed E-state index contributed by atoms with van der Waals surface area (Å²) < 4.78 is 34.7. The standard InChI is InChI=1S/C25H21F2N3O2/c1-16-22(25(31)29-14-17-10-19(26)12-20(27)11-17)4-3-5-24(16)32-21-6-8-28-23(13-21)18-7-9-30(2)15-18/h3-13,15H,14H2,1-2H3,(H,29,31). The molecule has 2 aromatic heterocycles. The Balaban J connectivity index is 1.50. The molecule has 0 atom stereocenters. The van der Waals surface area contributed by atoms with Crippen LogP contribution in [-0.4, -0.2) is 15.5 Å². The van der Waals surface area contributed by atoms with Gasteiger partial charge in [-0.3, -0.25) is 9.78 Å². The van der Waals surface area contributed by atoms with Crippen LogP contribution in [0.5, 0.6) is 11.5 Å². The van der Waals surface area contributed by atoms with Gasteiger partial charge in [0.25, 0.3) is 5.91 Å². The largest absolute Gasteiger partial charge is 0.457 e. The van der Waals surface area contributed by atoms with Gasteiger partial charge in [0, 0.05) is 61.0 Å². The summed E-state index contributed by atoms with van der Waals surface area (Å²) in [6.45, 7) is 1.79. The summed E-state index contributed by atoms with van der Waals surface area (Å²) in [5.74, 6) is -0.618. The van der Waals surface area contributed by atoms with E-state index < -0.39 is 11.6 Å². The van der Waals surface area contributed by atoms with Crippen LogP contribution in [0.4, 0.5) is 8.78 Å². The Morgan fingerprint density at radius 3 is 2.59 bits per heavy atom. The first-order chi connectivity index (χ1) is 15.4. The van der Waals surface area contributed by atoms with Crippen LogP contribution in [0.15, 0.2) is 73.2 Å². The second-order valence-electron chi connectivity index (χ2n) is 7.43. The molecule has 0 aliphatic heterocycles. The van der Waals surface area contributed by atoms with Gasteiger partial charge in [0.1, 0.15) is 23.1 Å². The molecule has 0 saturated heterocycles. The van der Waals surface area contributed by atoms with E-state index in [0.29, 0.717) is 28.2 Å².